The molecule has 0 aliphatic carbocycles. The van der Waals surface area contributed by atoms with Gasteiger partial charge in [0.05, 0.1) is 6.10 Å². The maximum Gasteiger partial charge on any atom is 0.0575 e. The van der Waals surface area contributed by atoms with Crippen molar-refractivity contribution in [2.75, 3.05) is 6.61 Å². The van der Waals surface area contributed by atoms with E-state index in [0.29, 0.717) is 6.10 Å². The predicted octanol–water partition coefficient (Wildman–Crippen LogP) is 2.42. The van der Waals surface area contributed by atoms with Gasteiger partial charge in [0.1, 0.15) is 0 Å². The van der Waals surface area contributed by atoms with Gasteiger partial charge < -0.3 is 4.74 Å². The summed E-state index contributed by atoms with van der Waals surface area (Å²) in [5.41, 5.74) is 0. The fourth-order valence-electron chi connectivity index (χ4n) is 0.979. The fraction of sp³-hybridized carbons (Fsp3) is 0.700. The van der Waals surface area contributed by atoms with E-state index in [1.54, 1.807) is 0 Å². The highest BCUT2D eigenvalue weighted by molar-refractivity contribution is 4.83. The third-order valence-corrected chi connectivity index (χ3v) is 1.57. The van der Waals surface area contributed by atoms with Crippen molar-refractivity contribution in [3.8, 4) is 12.3 Å². The zero-order chi connectivity index (χ0) is 8.53. The van der Waals surface area contributed by atoms with Crippen LogP contribution in [0.2, 0.25) is 0 Å². The molecule has 0 fully saturated rings. The molecule has 0 rings (SSSR count). The van der Waals surface area contributed by atoms with Gasteiger partial charge in [0.15, 0.2) is 0 Å². The second kappa shape index (κ2) is 7.63. The minimum absolute atomic E-state index is 0.313. The lowest BCUT2D eigenvalue weighted by atomic mass is 10.1. The maximum atomic E-state index is 5.41. The summed E-state index contributed by atoms with van der Waals surface area (Å²) >= 11 is 0. The highest BCUT2D eigenvalue weighted by atomic mass is 16.5. The summed E-state index contributed by atoms with van der Waals surface area (Å²) in [5, 5.41) is 0. The van der Waals surface area contributed by atoms with Crippen molar-refractivity contribution in [1.29, 1.82) is 0 Å². The maximum absolute atomic E-state index is 5.41. The van der Waals surface area contributed by atoms with Gasteiger partial charge in [-0.15, -0.1) is 12.3 Å². The Balaban J connectivity index is 3.29. The summed E-state index contributed by atoms with van der Waals surface area (Å²) in [6.07, 6.45) is 9.23. The molecule has 63 valence electrons. The van der Waals surface area contributed by atoms with Crippen LogP contribution in [0.4, 0.5) is 0 Å². The summed E-state index contributed by atoms with van der Waals surface area (Å²) in [5.74, 6) is 2.61. The zero-order valence-corrected chi connectivity index (χ0v) is 7.31. The lowest BCUT2D eigenvalue weighted by molar-refractivity contribution is 0.0574. The van der Waals surface area contributed by atoms with Crippen LogP contribution in [-0.2, 0) is 4.74 Å². The molecule has 0 aromatic carbocycles. The van der Waals surface area contributed by atoms with Crippen molar-refractivity contribution in [3.63, 3.8) is 0 Å². The van der Waals surface area contributed by atoms with Crippen LogP contribution in [-0.4, -0.2) is 12.7 Å². The number of ether oxygens (including phenoxy) is 1. The van der Waals surface area contributed by atoms with Crippen LogP contribution in [0.5, 0.6) is 0 Å². The van der Waals surface area contributed by atoms with Gasteiger partial charge in [-0.1, -0.05) is 6.92 Å². The van der Waals surface area contributed by atoms with E-state index in [4.69, 9.17) is 11.2 Å². The quantitative estimate of drug-likeness (QED) is 0.420. The molecular weight excluding hydrogens is 136 g/mol. The van der Waals surface area contributed by atoms with Crippen molar-refractivity contribution >= 4 is 0 Å². The van der Waals surface area contributed by atoms with Crippen LogP contribution in [0.3, 0.4) is 0 Å². The van der Waals surface area contributed by atoms with E-state index >= 15 is 0 Å². The minimum atomic E-state index is 0.313. The Bertz CT molecular complexity index is 113. The van der Waals surface area contributed by atoms with Crippen molar-refractivity contribution in [1.82, 2.24) is 0 Å². The fourth-order valence-corrected chi connectivity index (χ4v) is 0.979. The number of rotatable bonds is 6. The summed E-state index contributed by atoms with van der Waals surface area (Å²) < 4.78 is 5.41. The molecule has 1 radical (unpaired) electrons. The Kier molecular flexibility index (Phi) is 7.29. The van der Waals surface area contributed by atoms with Crippen LogP contribution >= 0.6 is 0 Å². The van der Waals surface area contributed by atoms with E-state index in [1.165, 1.54) is 0 Å². The Morgan fingerprint density at radius 2 is 2.36 bits per heavy atom. The second-order valence-corrected chi connectivity index (χ2v) is 2.46. The first kappa shape index (κ1) is 10.5. The Morgan fingerprint density at radius 3 is 2.82 bits per heavy atom. The zero-order valence-electron chi connectivity index (χ0n) is 7.31. The summed E-state index contributed by atoms with van der Waals surface area (Å²) in [6, 6.07) is 0. The summed E-state index contributed by atoms with van der Waals surface area (Å²) in [4.78, 5) is 0. The van der Waals surface area contributed by atoms with Crippen LogP contribution in [0.15, 0.2) is 0 Å². The molecule has 0 aromatic rings. The molecule has 0 aromatic heterocycles. The van der Waals surface area contributed by atoms with Gasteiger partial charge in [0.2, 0.25) is 0 Å². The third-order valence-electron chi connectivity index (χ3n) is 1.57. The molecule has 0 saturated heterocycles. The molecule has 0 aliphatic rings. The minimum Gasteiger partial charge on any atom is -0.379 e. The van der Waals surface area contributed by atoms with Crippen LogP contribution < -0.4 is 0 Å². The van der Waals surface area contributed by atoms with Crippen molar-refractivity contribution in [3.05, 3.63) is 6.92 Å². The third kappa shape index (κ3) is 5.94. The van der Waals surface area contributed by atoms with Crippen LogP contribution in [0.25, 0.3) is 0 Å². The van der Waals surface area contributed by atoms with Gasteiger partial charge in [-0.25, -0.2) is 0 Å². The first-order valence-corrected chi connectivity index (χ1v) is 4.19. The average molecular weight is 153 g/mol. The van der Waals surface area contributed by atoms with Crippen LogP contribution in [0, 0.1) is 19.3 Å². The normalized spacial score (nSPS) is 12.5. The average Bonchev–Trinajstić information content (AvgIpc) is 2.03. The van der Waals surface area contributed by atoms with Gasteiger partial charge in [0, 0.05) is 13.0 Å². The van der Waals surface area contributed by atoms with Gasteiger partial charge in [-0.3, -0.25) is 0 Å². The van der Waals surface area contributed by atoms with E-state index in [-0.39, 0.29) is 0 Å². The first-order chi connectivity index (χ1) is 5.35. The second-order valence-electron chi connectivity index (χ2n) is 2.46. The molecule has 1 heteroatoms. The Morgan fingerprint density at radius 1 is 1.64 bits per heavy atom. The van der Waals surface area contributed by atoms with Gasteiger partial charge in [-0.2, -0.15) is 0 Å². The smallest absolute Gasteiger partial charge is 0.0575 e. The number of terminal acetylenes is 1. The Labute approximate surface area is 70.1 Å². The largest absolute Gasteiger partial charge is 0.379 e. The highest BCUT2D eigenvalue weighted by Crippen LogP contribution is 2.07. The molecule has 0 aliphatic heterocycles. The predicted molar refractivity (Wildman–Crippen MR) is 48.1 cm³/mol. The first-order valence-electron chi connectivity index (χ1n) is 4.19. The molecular formula is C10H17O. The van der Waals surface area contributed by atoms with Gasteiger partial charge >= 0.3 is 0 Å². The summed E-state index contributed by atoms with van der Waals surface area (Å²) in [7, 11) is 0. The van der Waals surface area contributed by atoms with Gasteiger partial charge in [-0.05, 0) is 26.2 Å². The van der Waals surface area contributed by atoms with E-state index in [0.717, 1.165) is 32.3 Å². The number of unbranched alkanes of at least 4 members (excludes halogenated alkanes) is 1. The monoisotopic (exact) mass is 153 g/mol. The molecule has 0 saturated carbocycles. The molecule has 0 bridgehead atoms. The SMILES string of the molecule is C#CCCCC(C[CH2])OCC. The van der Waals surface area contributed by atoms with Crippen LogP contribution in [0.1, 0.15) is 32.6 Å². The number of hydrogen-bond acceptors (Lipinski definition) is 1. The highest BCUT2D eigenvalue weighted by Gasteiger charge is 2.03. The lowest BCUT2D eigenvalue weighted by Gasteiger charge is -2.13. The lowest BCUT2D eigenvalue weighted by Crippen LogP contribution is -2.11. The number of hydrogen-bond donors (Lipinski definition) is 0. The molecule has 1 nitrogen and oxygen atoms in total. The molecule has 11 heavy (non-hydrogen) atoms. The standard InChI is InChI=1S/C10H17O/c1-4-7-8-9-10(5-2)11-6-3/h1,10H,2,5-9H2,3H3. The summed E-state index contributed by atoms with van der Waals surface area (Å²) in [6.45, 7) is 6.58. The molecule has 0 amide bonds. The van der Waals surface area contributed by atoms with Gasteiger partial charge in [0.25, 0.3) is 0 Å². The van der Waals surface area contributed by atoms with Crippen molar-refractivity contribution < 1.29 is 4.74 Å². The van der Waals surface area contributed by atoms with E-state index < -0.39 is 0 Å². The molecule has 1 unspecified atom stereocenters. The molecule has 0 spiro atoms. The van der Waals surface area contributed by atoms with E-state index in [2.05, 4.69) is 12.8 Å². The van der Waals surface area contributed by atoms with Crippen molar-refractivity contribution in [2.24, 2.45) is 0 Å². The molecule has 0 N–H and O–H groups in total. The van der Waals surface area contributed by atoms with Crippen molar-refractivity contribution in [2.45, 2.75) is 38.7 Å². The van der Waals surface area contributed by atoms with E-state index in [9.17, 15) is 0 Å². The molecule has 0 heterocycles. The van der Waals surface area contributed by atoms with E-state index in [1.807, 2.05) is 6.92 Å². The Hall–Kier alpha value is -0.480. The molecule has 1 atom stereocenters. The topological polar surface area (TPSA) is 9.23 Å².